The van der Waals surface area contributed by atoms with Gasteiger partial charge in [0.15, 0.2) is 5.82 Å². The Bertz CT molecular complexity index is 486. The summed E-state index contributed by atoms with van der Waals surface area (Å²) in [6, 6.07) is -0.0973. The fourth-order valence-corrected chi connectivity index (χ4v) is 2.88. The van der Waals surface area contributed by atoms with Gasteiger partial charge in [0.05, 0.1) is 5.54 Å². The van der Waals surface area contributed by atoms with E-state index in [2.05, 4.69) is 10.1 Å². The van der Waals surface area contributed by atoms with Crippen LogP contribution in [-0.4, -0.2) is 27.5 Å². The number of nitrogens with two attached hydrogens (primary N) is 1. The lowest BCUT2D eigenvalue weighted by Gasteiger charge is -2.34. The summed E-state index contributed by atoms with van der Waals surface area (Å²) >= 11 is 0. The minimum atomic E-state index is -0.408. The molecule has 3 rings (SSSR count). The Labute approximate surface area is 124 Å². The number of carbonyl (C=O) groups excluding carboxylic acids is 1. The first-order chi connectivity index (χ1) is 9.14. The summed E-state index contributed by atoms with van der Waals surface area (Å²) in [5, 5.41) is 4.03. The Morgan fingerprint density at radius 1 is 1.45 bits per heavy atom. The predicted octanol–water partition coefficient (Wildman–Crippen LogP) is 1.90. The molecule has 1 aromatic heterocycles. The number of carbonyl (C=O) groups is 1. The second kappa shape index (κ2) is 5.69. The molecule has 112 valence electrons. The minimum Gasteiger partial charge on any atom is -0.337 e. The molecule has 2 aliphatic rings. The average molecular weight is 301 g/mol. The number of hydrogen-bond acceptors (Lipinski definition) is 5. The summed E-state index contributed by atoms with van der Waals surface area (Å²) in [5.74, 6) is 1.31. The molecule has 1 aliphatic carbocycles. The third-order valence-corrected chi connectivity index (χ3v) is 4.29. The van der Waals surface area contributed by atoms with E-state index in [0.717, 1.165) is 38.6 Å². The van der Waals surface area contributed by atoms with Crippen molar-refractivity contribution in [2.24, 2.45) is 5.73 Å². The molecule has 0 radical (unpaired) electrons. The number of likely N-dealkylation sites (tertiary alicyclic amines) is 1. The van der Waals surface area contributed by atoms with Gasteiger partial charge in [-0.2, -0.15) is 4.98 Å². The van der Waals surface area contributed by atoms with E-state index in [1.54, 1.807) is 0 Å². The molecule has 1 amide bonds. The zero-order valence-corrected chi connectivity index (χ0v) is 12.5. The van der Waals surface area contributed by atoms with Crippen LogP contribution in [0.5, 0.6) is 0 Å². The highest BCUT2D eigenvalue weighted by atomic mass is 35.5. The van der Waals surface area contributed by atoms with Crippen LogP contribution in [0.3, 0.4) is 0 Å². The molecule has 2 heterocycles. The number of nitrogens with zero attached hydrogens (tertiary/aromatic N) is 3. The van der Waals surface area contributed by atoms with E-state index in [4.69, 9.17) is 10.3 Å². The van der Waals surface area contributed by atoms with Gasteiger partial charge in [-0.15, -0.1) is 12.4 Å². The summed E-state index contributed by atoms with van der Waals surface area (Å²) in [6.07, 6.45) is 5.25. The van der Waals surface area contributed by atoms with E-state index in [0.29, 0.717) is 18.1 Å². The summed E-state index contributed by atoms with van der Waals surface area (Å²) in [7, 11) is 0. The number of rotatable bonds is 4. The van der Waals surface area contributed by atoms with Gasteiger partial charge in [-0.3, -0.25) is 4.79 Å². The second-order valence-corrected chi connectivity index (χ2v) is 5.58. The highest BCUT2D eigenvalue weighted by Crippen LogP contribution is 2.38. The first-order valence-electron chi connectivity index (χ1n) is 7.06. The fourth-order valence-electron chi connectivity index (χ4n) is 2.88. The zero-order chi connectivity index (χ0) is 13.5. The molecule has 0 aromatic carbocycles. The van der Waals surface area contributed by atoms with E-state index in [9.17, 15) is 4.79 Å². The van der Waals surface area contributed by atoms with Crippen LogP contribution in [0, 0.1) is 0 Å². The molecule has 6 nitrogen and oxygen atoms in total. The Kier molecular flexibility index (Phi) is 4.34. The molecular formula is C13H21ClN4O2. The van der Waals surface area contributed by atoms with Crippen molar-refractivity contribution in [1.29, 1.82) is 0 Å². The maximum atomic E-state index is 11.8. The average Bonchev–Trinajstić information content (AvgIpc) is 2.98. The number of hydrogen-bond donors (Lipinski definition) is 1. The Hall–Kier alpha value is -1.14. The van der Waals surface area contributed by atoms with E-state index in [1.165, 1.54) is 0 Å². The standard InChI is InChI=1S/C13H20N4O2.ClH/c1-2-9(17-8-3-5-10(17)18)11-15-12(16-19-11)13(14)6-4-7-13;/h9H,2-8,14H2,1H3;1H. The normalized spacial score (nSPS) is 22.3. The Morgan fingerprint density at radius 3 is 2.70 bits per heavy atom. The summed E-state index contributed by atoms with van der Waals surface area (Å²) < 4.78 is 5.37. The molecule has 2 N–H and O–H groups in total. The predicted molar refractivity (Wildman–Crippen MR) is 75.2 cm³/mol. The van der Waals surface area contributed by atoms with Gasteiger partial charge in [-0.05, 0) is 32.1 Å². The molecule has 1 aromatic rings. The van der Waals surface area contributed by atoms with Crippen molar-refractivity contribution in [2.75, 3.05) is 6.54 Å². The maximum absolute atomic E-state index is 11.8. The third kappa shape index (κ3) is 2.42. The van der Waals surface area contributed by atoms with Crippen LogP contribution in [0.2, 0.25) is 0 Å². The van der Waals surface area contributed by atoms with Gasteiger partial charge in [0.25, 0.3) is 0 Å². The minimum absolute atomic E-state index is 0. The van der Waals surface area contributed by atoms with Gasteiger partial charge in [-0.1, -0.05) is 12.1 Å². The smallest absolute Gasteiger partial charge is 0.249 e. The summed E-state index contributed by atoms with van der Waals surface area (Å²) in [5.41, 5.74) is 5.79. The lowest BCUT2D eigenvalue weighted by atomic mass is 9.77. The molecule has 20 heavy (non-hydrogen) atoms. The third-order valence-electron chi connectivity index (χ3n) is 4.29. The molecule has 2 fully saturated rings. The van der Waals surface area contributed by atoms with Crippen LogP contribution in [0.25, 0.3) is 0 Å². The zero-order valence-electron chi connectivity index (χ0n) is 11.7. The van der Waals surface area contributed by atoms with Crippen LogP contribution in [0.1, 0.15) is 63.2 Å². The molecule has 0 spiro atoms. The molecule has 1 saturated carbocycles. The molecule has 1 saturated heterocycles. The molecule has 1 unspecified atom stereocenters. The summed E-state index contributed by atoms with van der Waals surface area (Å²) in [6.45, 7) is 2.81. The van der Waals surface area contributed by atoms with Crippen molar-refractivity contribution in [2.45, 2.75) is 57.0 Å². The Balaban J connectivity index is 0.00000147. The van der Waals surface area contributed by atoms with Crippen molar-refractivity contribution < 1.29 is 9.32 Å². The molecule has 0 bridgehead atoms. The van der Waals surface area contributed by atoms with Gasteiger partial charge >= 0.3 is 0 Å². The highest BCUT2D eigenvalue weighted by molar-refractivity contribution is 5.85. The lowest BCUT2D eigenvalue weighted by Crippen LogP contribution is -2.44. The quantitative estimate of drug-likeness (QED) is 0.918. The van der Waals surface area contributed by atoms with Crippen LogP contribution < -0.4 is 5.73 Å². The lowest BCUT2D eigenvalue weighted by molar-refractivity contribution is -0.130. The van der Waals surface area contributed by atoms with Gasteiger partial charge in [-0.25, -0.2) is 0 Å². The molecular weight excluding hydrogens is 280 g/mol. The molecule has 7 heteroatoms. The van der Waals surface area contributed by atoms with E-state index < -0.39 is 5.54 Å². The van der Waals surface area contributed by atoms with Crippen LogP contribution >= 0.6 is 12.4 Å². The first-order valence-corrected chi connectivity index (χ1v) is 7.06. The van der Waals surface area contributed by atoms with Crippen molar-refractivity contribution in [3.05, 3.63) is 11.7 Å². The second-order valence-electron chi connectivity index (χ2n) is 5.58. The van der Waals surface area contributed by atoms with E-state index in [1.807, 2.05) is 11.8 Å². The largest absolute Gasteiger partial charge is 0.337 e. The van der Waals surface area contributed by atoms with E-state index >= 15 is 0 Å². The molecule has 1 atom stereocenters. The monoisotopic (exact) mass is 300 g/mol. The number of halogens is 1. The summed E-state index contributed by atoms with van der Waals surface area (Å²) in [4.78, 5) is 18.1. The van der Waals surface area contributed by atoms with Gasteiger partial charge < -0.3 is 15.2 Å². The fraction of sp³-hybridized carbons (Fsp3) is 0.769. The number of amides is 1. The van der Waals surface area contributed by atoms with Crippen molar-refractivity contribution in [3.63, 3.8) is 0 Å². The van der Waals surface area contributed by atoms with Crippen LogP contribution in [0.4, 0.5) is 0 Å². The topological polar surface area (TPSA) is 85.2 Å². The van der Waals surface area contributed by atoms with E-state index in [-0.39, 0.29) is 24.4 Å². The highest BCUT2D eigenvalue weighted by Gasteiger charge is 2.40. The van der Waals surface area contributed by atoms with Gasteiger partial charge in [0.1, 0.15) is 6.04 Å². The van der Waals surface area contributed by atoms with Gasteiger partial charge in [0, 0.05) is 13.0 Å². The van der Waals surface area contributed by atoms with Crippen molar-refractivity contribution in [1.82, 2.24) is 15.0 Å². The van der Waals surface area contributed by atoms with Crippen LogP contribution in [-0.2, 0) is 10.3 Å². The number of aromatic nitrogens is 2. The Morgan fingerprint density at radius 2 is 2.20 bits per heavy atom. The van der Waals surface area contributed by atoms with Crippen molar-refractivity contribution in [3.8, 4) is 0 Å². The van der Waals surface area contributed by atoms with Crippen LogP contribution in [0.15, 0.2) is 4.52 Å². The SMILES string of the molecule is CCC(c1nc(C2(N)CCC2)no1)N1CCCC1=O.Cl. The van der Waals surface area contributed by atoms with Gasteiger partial charge in [0.2, 0.25) is 11.8 Å². The first kappa shape index (κ1) is 15.3. The maximum Gasteiger partial charge on any atom is 0.249 e. The molecule has 1 aliphatic heterocycles. The van der Waals surface area contributed by atoms with Crippen molar-refractivity contribution >= 4 is 18.3 Å².